The Kier molecular flexibility index (Phi) is 43.2. The largest absolute Gasteiger partial charge is 0.669 e. The van der Waals surface area contributed by atoms with Gasteiger partial charge in [-0.2, -0.15) is 158 Å². The van der Waals surface area contributed by atoms with Crippen molar-refractivity contribution in [1.82, 2.24) is 0 Å². The van der Waals surface area contributed by atoms with Crippen molar-refractivity contribution in [1.29, 1.82) is 0 Å². The van der Waals surface area contributed by atoms with Gasteiger partial charge >= 0.3 is 186 Å². The number of rotatable bonds is 53. The summed E-state index contributed by atoms with van der Waals surface area (Å²) in [5.74, 6) is 0. The molecule has 0 radical (unpaired) electrons. The summed E-state index contributed by atoms with van der Waals surface area (Å²) in [6, 6.07) is -20.4. The van der Waals surface area contributed by atoms with Crippen LogP contribution in [-0.4, -0.2) is 216 Å². The van der Waals surface area contributed by atoms with Crippen LogP contribution in [-0.2, 0) is 66.8 Å². The molecule has 0 fully saturated rings. The maximum atomic E-state index is 14.8. The van der Waals surface area contributed by atoms with E-state index in [0.29, 0.717) is 72.0 Å². The molecule has 66 heteroatoms. The minimum Gasteiger partial charge on any atom is -0.439 e. The zero-order chi connectivity index (χ0) is 94.4. The lowest BCUT2D eigenvalue weighted by molar-refractivity contribution is -0.133. The van der Waals surface area contributed by atoms with Gasteiger partial charge in [-0.1, -0.05) is 0 Å². The Hall–Kier alpha value is -0.124. The summed E-state index contributed by atoms with van der Waals surface area (Å²) < 4.78 is 616. The Bertz CT molecular complexity index is 2990. The molecule has 716 valence electrons. The molecule has 0 bridgehead atoms. The van der Waals surface area contributed by atoms with Crippen LogP contribution >= 0.6 is 0 Å². The fourth-order valence-corrected chi connectivity index (χ4v) is 85.2. The fraction of sp³-hybridized carbons (Fsp3) is 1.00. The second-order valence-electron chi connectivity index (χ2n) is 30.5. The Morgan fingerprint density at radius 3 is 0.353 bits per heavy atom. The van der Waals surface area contributed by atoms with Crippen molar-refractivity contribution in [3.05, 3.63) is 0 Å². The predicted molar refractivity (Wildman–Crippen MR) is 385 cm³/mol. The van der Waals surface area contributed by atoms with Crippen LogP contribution in [0.25, 0.3) is 0 Å². The molecule has 0 aromatic heterocycles. The van der Waals surface area contributed by atoms with E-state index in [1.165, 1.54) is 13.1 Å². The van der Waals surface area contributed by atoms with Crippen LogP contribution in [0.15, 0.2) is 0 Å². The number of alkyl halides is 36. The second kappa shape index (κ2) is 43.3. The van der Waals surface area contributed by atoms with Crippen LogP contribution in [0.1, 0.15) is 77.0 Å². The molecule has 0 heterocycles. The summed E-state index contributed by atoms with van der Waals surface area (Å²) >= 11 is 0. The van der Waals surface area contributed by atoms with Crippen LogP contribution in [0.4, 0.5) is 158 Å². The van der Waals surface area contributed by atoms with Gasteiger partial charge in [0.2, 0.25) is 0 Å². The molecule has 12 unspecified atom stereocenters. The average molecular weight is 2070 g/mol. The molecule has 0 aliphatic carbocycles. The zero-order valence-corrected chi connectivity index (χ0v) is 81.3. The first-order valence-corrected chi connectivity index (χ1v) is 70.3. The molecule has 0 aromatic carbocycles. The van der Waals surface area contributed by atoms with E-state index in [0.717, 1.165) is 27.9 Å². The van der Waals surface area contributed by atoms with Crippen LogP contribution in [0, 0.1) is 0 Å². The maximum absolute atomic E-state index is 14.8. The lowest BCUT2D eigenvalue weighted by Gasteiger charge is -2.49. The molecule has 16 nitrogen and oxygen atoms in total. The number of hydrogen-bond acceptors (Lipinski definition) is 16. The molecule has 0 saturated carbocycles. The molecule has 0 aliphatic heterocycles. The van der Waals surface area contributed by atoms with Gasteiger partial charge in [-0.25, -0.2) is 0 Å². The van der Waals surface area contributed by atoms with E-state index >= 15 is 0 Å². The Morgan fingerprint density at radius 1 is 0.168 bits per heavy atom. The monoisotopic (exact) mass is 2070 g/mol. The van der Waals surface area contributed by atoms with Crippen molar-refractivity contribution in [2.24, 2.45) is 0 Å². The Labute approximate surface area is 679 Å². The highest BCUT2D eigenvalue weighted by atomic mass is 28.5. The number of halogens is 36. The zero-order valence-electron chi connectivity index (χ0n) is 67.2. The van der Waals surface area contributed by atoms with Crippen molar-refractivity contribution in [3.8, 4) is 0 Å². The topological polar surface area (TPSA) is 148 Å². The first-order valence-electron chi connectivity index (χ1n) is 35.6. The Morgan fingerprint density at radius 2 is 0.261 bits per heavy atom. The van der Waals surface area contributed by atoms with Gasteiger partial charge in [0.15, 0.2) is 9.04 Å². The van der Waals surface area contributed by atoms with Gasteiger partial charge in [-0.3, -0.25) is 0 Å². The Balaban J connectivity index is 9.84. The van der Waals surface area contributed by atoms with Gasteiger partial charge in [0.1, 0.15) is 0 Å². The van der Waals surface area contributed by atoms with E-state index in [4.69, 9.17) is 66.8 Å². The van der Waals surface area contributed by atoms with E-state index in [1.807, 2.05) is 0 Å². The average Bonchev–Trinajstić information content (AvgIpc) is 0.772. The molecule has 0 amide bonds. The van der Waals surface area contributed by atoms with E-state index in [2.05, 4.69) is 0 Å². The summed E-state index contributed by atoms with van der Waals surface area (Å²) in [6.45, 7) is 8.70. The van der Waals surface area contributed by atoms with Gasteiger partial charge in [-0.05, 0) is 164 Å². The normalized spacial score (nSPS) is 20.5. The van der Waals surface area contributed by atoms with Crippen LogP contribution < -0.4 is 0 Å². The maximum Gasteiger partial charge on any atom is 0.669 e. The predicted octanol–water partition coefficient (Wildman–Crippen LogP) is 24.9. The molecular weight excluding hydrogens is 1970 g/mol. The fourth-order valence-electron chi connectivity index (χ4n) is 12.1. The SMILES string of the molecule is CO[Si](OC)(OC)O[Si](C)(CCC(F)(F)F)O[Si](C)(CCC(F)(F)F)O[Si](C)(CCC(F)(F)F)O[Si](C)(CCC(F)(F)F)O[Si](C)(CCC(F)(F)F)O[Si](C)(CCC(F)(F)F)O[Si](C)(CCC(F)(F)F)O[Si](C)(CCC(F)(F)F)O[Si](C)(CCC(F)(F)F)O[Si](C)(CCC(F)(F)F)O[Si](C)(CCC(F)(F)F)O[Si](C)(CCC(F)(F)F)O[SiH](C)C. The lowest BCUT2D eigenvalue weighted by Crippen LogP contribution is -2.66. The van der Waals surface area contributed by atoms with Gasteiger partial charge in [0.05, 0.1) is 0 Å². The summed E-state index contributed by atoms with van der Waals surface area (Å²) in [7, 11) is -73.5. The highest BCUT2D eigenvalue weighted by molar-refractivity contribution is 6.95. The van der Waals surface area contributed by atoms with E-state index in [9.17, 15) is 158 Å². The van der Waals surface area contributed by atoms with E-state index in [-0.39, 0.29) is 0 Å². The summed E-state index contributed by atoms with van der Waals surface area (Å²) in [4.78, 5) is 0. The van der Waals surface area contributed by atoms with Gasteiger partial charge in [0.25, 0.3) is 0 Å². The summed E-state index contributed by atoms with van der Waals surface area (Å²) in [5.41, 5.74) is 0. The van der Waals surface area contributed by atoms with Crippen molar-refractivity contribution >= 4 is 121 Å². The van der Waals surface area contributed by atoms with E-state index in [1.54, 1.807) is 0 Å². The molecule has 0 spiro atoms. The third-order valence-corrected chi connectivity index (χ3v) is 76.7. The highest BCUT2D eigenvalue weighted by Gasteiger charge is 2.64. The first kappa shape index (κ1) is 119. The van der Waals surface area contributed by atoms with Crippen LogP contribution in [0.2, 0.25) is 164 Å². The quantitative estimate of drug-likeness (QED) is 0.0420. The van der Waals surface area contributed by atoms with Crippen molar-refractivity contribution in [2.75, 3.05) is 21.3 Å². The molecule has 0 N–H and O–H groups in total. The molecule has 12 atom stereocenters. The molecule has 0 saturated heterocycles. The summed E-state index contributed by atoms with van der Waals surface area (Å²) in [6.07, 6.45) is -92.0. The summed E-state index contributed by atoms with van der Waals surface area (Å²) in [5, 5.41) is 0. The second-order valence-corrected chi connectivity index (χ2v) is 78.8. The van der Waals surface area contributed by atoms with Crippen molar-refractivity contribution < 1.29 is 225 Å². The molecule has 0 aliphatic rings. The minimum absolute atomic E-state index is 0.345. The van der Waals surface area contributed by atoms with Crippen LogP contribution in [0.3, 0.4) is 0 Å². The van der Waals surface area contributed by atoms with E-state index < -0.39 is 345 Å². The van der Waals surface area contributed by atoms with Crippen LogP contribution in [0.5, 0.6) is 0 Å². The molecule has 119 heavy (non-hydrogen) atoms. The lowest BCUT2D eigenvalue weighted by atomic mass is 10.5. The molecule has 0 aromatic rings. The number of hydrogen-bond donors (Lipinski definition) is 0. The minimum atomic E-state index is -6.09. The standard InChI is InChI=1S/C53H100F36O16Si14/c1-90-119(91-2,92-3)105-118(17,41-29-53(87,88)89)104-117(16,40-28-52(84,85)86)103-116(15,39-27-51(81,82)83)102-115(14,38-26-50(78,79)80)101-114(13,37-25-49(75,76)77)100-113(12,36-24-48(72,73)74)99-112(11,35-23-47(69,70)71)98-111(10,34-22-46(66,67)68)97-110(9,33-21-45(63,64)65)96-109(8,32-20-44(60,61)62)95-108(7,31-19-43(57,58)59)94-107(6,93-106(4)5)30-18-42(54,55)56/h106H,18-41H2,1-17H3. The highest BCUT2D eigenvalue weighted by Crippen LogP contribution is 2.48. The first-order chi connectivity index (χ1) is 52.1. The third-order valence-electron chi connectivity index (χ3n) is 16.7. The van der Waals surface area contributed by atoms with Gasteiger partial charge in [-0.15, -0.1) is 0 Å². The smallest absolute Gasteiger partial charge is 0.439 e. The van der Waals surface area contributed by atoms with Crippen molar-refractivity contribution in [2.45, 2.75) is 315 Å². The molecule has 0 rings (SSSR count). The third kappa shape index (κ3) is 54.8. The molecular formula is C53H100F36O16Si14. The van der Waals surface area contributed by atoms with Crippen molar-refractivity contribution in [3.63, 3.8) is 0 Å². The van der Waals surface area contributed by atoms with Gasteiger partial charge in [0, 0.05) is 98.4 Å². The van der Waals surface area contributed by atoms with Gasteiger partial charge < -0.3 is 66.8 Å².